The van der Waals surface area contributed by atoms with Gasteiger partial charge in [-0.3, -0.25) is 0 Å². The third kappa shape index (κ3) is 1.22. The molecule has 4 heteroatoms. The van der Waals surface area contributed by atoms with Crippen LogP contribution in [0.3, 0.4) is 0 Å². The van der Waals surface area contributed by atoms with Gasteiger partial charge < -0.3 is 10.3 Å². The average Bonchev–Trinajstić information content (AvgIpc) is 2.66. The van der Waals surface area contributed by atoms with Crippen LogP contribution in [0.15, 0.2) is 6.20 Å². The van der Waals surface area contributed by atoms with Gasteiger partial charge in [-0.05, 0) is 24.8 Å². The Morgan fingerprint density at radius 3 is 3.19 bits per heavy atom. The van der Waals surface area contributed by atoms with E-state index in [2.05, 4.69) is 21.5 Å². The minimum Gasteiger partial charge on any atom is -0.382 e. The fraction of sp³-hybridized carbons (Fsp3) is 0.500. The first-order chi connectivity index (χ1) is 7.81. The van der Waals surface area contributed by atoms with E-state index in [1.807, 2.05) is 6.20 Å². The van der Waals surface area contributed by atoms with Crippen LogP contribution in [0.4, 0.5) is 5.82 Å². The van der Waals surface area contributed by atoms with Gasteiger partial charge in [0.25, 0.3) is 0 Å². The Bertz CT molecular complexity index is 541. The zero-order chi connectivity index (χ0) is 11.1. The van der Waals surface area contributed by atoms with Crippen molar-refractivity contribution in [1.29, 1.82) is 0 Å². The Hall–Kier alpha value is -1.58. The Morgan fingerprint density at radius 2 is 2.38 bits per heavy atom. The van der Waals surface area contributed by atoms with Gasteiger partial charge in [-0.1, -0.05) is 6.92 Å². The molecule has 0 bridgehead atoms. The standard InChI is InChI=1S/C12H16N4/c1-2-4-9-15-10-11-8(7-14-12(10)13)5-3-6-16(9)11/h7H,2-6H2,1H3,(H2,13,14). The normalized spacial score (nSPS) is 14.6. The lowest BCUT2D eigenvalue weighted by molar-refractivity contribution is 0.598. The van der Waals surface area contributed by atoms with Gasteiger partial charge in [0, 0.05) is 19.2 Å². The van der Waals surface area contributed by atoms with Crippen LogP contribution in [-0.4, -0.2) is 14.5 Å². The number of imidazole rings is 1. The second-order valence-electron chi connectivity index (χ2n) is 4.40. The van der Waals surface area contributed by atoms with Gasteiger partial charge in [0.05, 0.1) is 5.52 Å². The van der Waals surface area contributed by atoms with Crippen LogP contribution in [-0.2, 0) is 19.4 Å². The molecule has 2 aromatic heterocycles. The third-order valence-corrected chi connectivity index (χ3v) is 3.25. The molecule has 1 aliphatic rings. The maximum absolute atomic E-state index is 5.90. The Labute approximate surface area is 94.5 Å². The van der Waals surface area contributed by atoms with Gasteiger partial charge in [0.1, 0.15) is 11.3 Å². The molecular formula is C12H16N4. The summed E-state index contributed by atoms with van der Waals surface area (Å²) in [5.74, 6) is 1.73. The van der Waals surface area contributed by atoms with Crippen molar-refractivity contribution in [2.75, 3.05) is 5.73 Å². The second-order valence-corrected chi connectivity index (χ2v) is 4.40. The monoisotopic (exact) mass is 216 g/mol. The van der Waals surface area contributed by atoms with Crippen LogP contribution < -0.4 is 5.73 Å². The van der Waals surface area contributed by atoms with Crippen LogP contribution in [0.2, 0.25) is 0 Å². The Morgan fingerprint density at radius 1 is 1.50 bits per heavy atom. The number of aromatic nitrogens is 3. The van der Waals surface area contributed by atoms with E-state index in [0.717, 1.165) is 37.1 Å². The molecule has 0 unspecified atom stereocenters. The fourth-order valence-electron chi connectivity index (χ4n) is 2.54. The molecular weight excluding hydrogens is 200 g/mol. The summed E-state index contributed by atoms with van der Waals surface area (Å²) in [5.41, 5.74) is 9.32. The summed E-state index contributed by atoms with van der Waals surface area (Å²) in [7, 11) is 0. The minimum atomic E-state index is 0.566. The van der Waals surface area contributed by atoms with Crippen molar-refractivity contribution in [3.05, 3.63) is 17.6 Å². The first-order valence-corrected chi connectivity index (χ1v) is 5.93. The molecule has 0 saturated carbocycles. The van der Waals surface area contributed by atoms with Crippen molar-refractivity contribution in [3.63, 3.8) is 0 Å². The number of pyridine rings is 1. The van der Waals surface area contributed by atoms with Crippen molar-refractivity contribution < 1.29 is 0 Å². The van der Waals surface area contributed by atoms with Gasteiger partial charge in [-0.2, -0.15) is 0 Å². The number of hydrogen-bond donors (Lipinski definition) is 1. The number of rotatable bonds is 2. The summed E-state index contributed by atoms with van der Waals surface area (Å²) in [6, 6.07) is 0. The number of nitrogens with zero attached hydrogens (tertiary/aromatic N) is 3. The zero-order valence-corrected chi connectivity index (χ0v) is 9.53. The molecule has 0 amide bonds. The number of nitrogen functional groups attached to an aromatic ring is 1. The molecule has 4 nitrogen and oxygen atoms in total. The van der Waals surface area contributed by atoms with Crippen molar-refractivity contribution in [2.45, 2.75) is 39.2 Å². The average molecular weight is 216 g/mol. The summed E-state index contributed by atoms with van der Waals surface area (Å²) in [6.45, 7) is 3.25. The second kappa shape index (κ2) is 3.47. The van der Waals surface area contributed by atoms with Gasteiger partial charge in [-0.25, -0.2) is 9.97 Å². The molecule has 2 aromatic rings. The van der Waals surface area contributed by atoms with Gasteiger partial charge >= 0.3 is 0 Å². The fourth-order valence-corrected chi connectivity index (χ4v) is 2.54. The smallest absolute Gasteiger partial charge is 0.151 e. The summed E-state index contributed by atoms with van der Waals surface area (Å²) in [5, 5.41) is 0. The summed E-state index contributed by atoms with van der Waals surface area (Å²) >= 11 is 0. The van der Waals surface area contributed by atoms with E-state index in [1.165, 1.54) is 17.5 Å². The van der Waals surface area contributed by atoms with E-state index < -0.39 is 0 Å². The summed E-state index contributed by atoms with van der Waals surface area (Å²) < 4.78 is 2.33. The number of anilines is 1. The SMILES string of the molecule is CCCc1nc2c(N)ncc3c2n1CCC3. The molecule has 0 atom stereocenters. The molecule has 0 aliphatic carbocycles. The lowest BCUT2D eigenvalue weighted by Gasteiger charge is -2.16. The molecule has 3 rings (SSSR count). The molecule has 0 radical (unpaired) electrons. The Balaban J connectivity index is 2.33. The number of aryl methyl sites for hydroxylation is 3. The largest absolute Gasteiger partial charge is 0.382 e. The van der Waals surface area contributed by atoms with Crippen molar-refractivity contribution in [2.24, 2.45) is 0 Å². The predicted octanol–water partition coefficient (Wildman–Crippen LogP) is 1.91. The lowest BCUT2D eigenvalue weighted by Crippen LogP contribution is -2.11. The van der Waals surface area contributed by atoms with Crippen molar-refractivity contribution >= 4 is 16.9 Å². The van der Waals surface area contributed by atoms with Crippen LogP contribution >= 0.6 is 0 Å². The highest BCUT2D eigenvalue weighted by atomic mass is 15.1. The highest BCUT2D eigenvalue weighted by Gasteiger charge is 2.19. The third-order valence-electron chi connectivity index (χ3n) is 3.25. The number of hydrogen-bond acceptors (Lipinski definition) is 3. The van der Waals surface area contributed by atoms with Gasteiger partial charge in [-0.15, -0.1) is 0 Å². The zero-order valence-electron chi connectivity index (χ0n) is 9.53. The minimum absolute atomic E-state index is 0.566. The molecule has 0 fully saturated rings. The van der Waals surface area contributed by atoms with Crippen LogP contribution in [0.1, 0.15) is 31.2 Å². The van der Waals surface area contributed by atoms with E-state index in [1.54, 1.807) is 0 Å². The molecule has 2 N–H and O–H groups in total. The quantitative estimate of drug-likeness (QED) is 0.834. The van der Waals surface area contributed by atoms with Crippen molar-refractivity contribution in [1.82, 2.24) is 14.5 Å². The van der Waals surface area contributed by atoms with E-state index in [-0.39, 0.29) is 0 Å². The van der Waals surface area contributed by atoms with E-state index in [4.69, 9.17) is 5.73 Å². The maximum Gasteiger partial charge on any atom is 0.151 e. The van der Waals surface area contributed by atoms with Gasteiger partial charge in [0.2, 0.25) is 0 Å². The Kier molecular flexibility index (Phi) is 2.09. The molecule has 0 saturated heterocycles. The summed E-state index contributed by atoms with van der Waals surface area (Å²) in [4.78, 5) is 8.88. The van der Waals surface area contributed by atoms with Crippen LogP contribution in [0, 0.1) is 0 Å². The molecule has 1 aliphatic heterocycles. The molecule has 16 heavy (non-hydrogen) atoms. The molecule has 0 aromatic carbocycles. The van der Waals surface area contributed by atoms with E-state index in [9.17, 15) is 0 Å². The van der Waals surface area contributed by atoms with Crippen LogP contribution in [0.25, 0.3) is 11.0 Å². The van der Waals surface area contributed by atoms with E-state index in [0.29, 0.717) is 5.82 Å². The first-order valence-electron chi connectivity index (χ1n) is 5.93. The number of nitrogens with two attached hydrogens (primary N) is 1. The topological polar surface area (TPSA) is 56.7 Å². The highest BCUT2D eigenvalue weighted by molar-refractivity contribution is 5.88. The highest BCUT2D eigenvalue weighted by Crippen LogP contribution is 2.28. The summed E-state index contributed by atoms with van der Waals surface area (Å²) in [6.07, 6.45) is 6.33. The predicted molar refractivity (Wildman–Crippen MR) is 64.3 cm³/mol. The van der Waals surface area contributed by atoms with Crippen molar-refractivity contribution in [3.8, 4) is 0 Å². The molecule has 0 spiro atoms. The first kappa shape index (κ1) is 9.63. The van der Waals surface area contributed by atoms with Crippen LogP contribution in [0.5, 0.6) is 0 Å². The maximum atomic E-state index is 5.90. The molecule has 84 valence electrons. The lowest BCUT2D eigenvalue weighted by atomic mass is 10.1. The van der Waals surface area contributed by atoms with Gasteiger partial charge in [0.15, 0.2) is 5.82 Å². The van der Waals surface area contributed by atoms with E-state index >= 15 is 0 Å². The molecule has 3 heterocycles.